The number of nitrogens with zero attached hydrogens (tertiary/aromatic N) is 2. The van der Waals surface area contributed by atoms with Gasteiger partial charge in [-0.05, 0) is 67.5 Å². The summed E-state index contributed by atoms with van der Waals surface area (Å²) in [6, 6.07) is 42.7. The van der Waals surface area contributed by atoms with Crippen LogP contribution in [0.4, 0.5) is 11.4 Å². The van der Waals surface area contributed by atoms with E-state index in [2.05, 4.69) is 166 Å². The maximum atomic E-state index is 2.58. The molecular weight excluding hydrogens is 508 g/mol. The van der Waals surface area contributed by atoms with Crippen LogP contribution in [0.5, 0.6) is 0 Å². The average molecular weight is 550 g/mol. The minimum Gasteiger partial charge on any atom is -0.221 e. The van der Waals surface area contributed by atoms with Crippen LogP contribution in [0.3, 0.4) is 0 Å². The van der Waals surface area contributed by atoms with Crippen molar-refractivity contribution in [1.82, 2.24) is 0 Å². The second-order valence-corrected chi connectivity index (χ2v) is 11.6. The Kier molecular flexibility index (Phi) is 7.80. The predicted octanol–water partition coefficient (Wildman–Crippen LogP) is 10.1. The van der Waals surface area contributed by atoms with Gasteiger partial charge in [-0.3, -0.25) is 0 Å². The van der Waals surface area contributed by atoms with Gasteiger partial charge in [0.25, 0.3) is 0 Å². The molecule has 210 valence electrons. The number of anilines is 1. The topological polar surface area (TPSA) is 6.25 Å². The molecular formula is C40H41N2+. The maximum absolute atomic E-state index is 2.58. The quantitative estimate of drug-likeness (QED) is 0.183. The Balaban J connectivity index is 1.66. The van der Waals surface area contributed by atoms with Crippen LogP contribution < -0.4 is 4.90 Å². The Morgan fingerprint density at radius 3 is 1.76 bits per heavy atom. The molecule has 0 spiro atoms. The first-order valence-electron chi connectivity index (χ1n) is 15.3. The molecule has 0 amide bonds. The summed E-state index contributed by atoms with van der Waals surface area (Å²) >= 11 is 0. The third-order valence-corrected chi connectivity index (χ3v) is 8.78. The lowest BCUT2D eigenvalue weighted by Crippen LogP contribution is -2.26. The van der Waals surface area contributed by atoms with E-state index in [4.69, 9.17) is 0 Å². The van der Waals surface area contributed by atoms with Gasteiger partial charge in [0.05, 0.1) is 0 Å². The molecule has 2 atom stereocenters. The minimum atomic E-state index is 0.0791. The third kappa shape index (κ3) is 4.96. The van der Waals surface area contributed by atoms with Gasteiger partial charge >= 0.3 is 0 Å². The molecule has 0 bridgehead atoms. The van der Waals surface area contributed by atoms with Gasteiger partial charge < -0.3 is 0 Å². The van der Waals surface area contributed by atoms with Gasteiger partial charge in [0.2, 0.25) is 6.34 Å². The van der Waals surface area contributed by atoms with E-state index in [1.165, 1.54) is 61.4 Å². The van der Waals surface area contributed by atoms with Crippen molar-refractivity contribution < 1.29 is 4.58 Å². The maximum Gasteiger partial charge on any atom is 0.245 e. The lowest BCUT2D eigenvalue weighted by Gasteiger charge is -2.26. The van der Waals surface area contributed by atoms with E-state index in [0.29, 0.717) is 0 Å². The number of benzene rings is 5. The van der Waals surface area contributed by atoms with Gasteiger partial charge in [-0.2, -0.15) is 0 Å². The minimum absolute atomic E-state index is 0.0791. The van der Waals surface area contributed by atoms with Crippen LogP contribution >= 0.6 is 0 Å². The molecule has 1 aliphatic heterocycles. The van der Waals surface area contributed by atoms with Gasteiger partial charge in [0, 0.05) is 16.7 Å². The number of hydrogen-bond acceptors (Lipinski definition) is 1. The van der Waals surface area contributed by atoms with Crippen molar-refractivity contribution in [1.29, 1.82) is 0 Å². The first-order chi connectivity index (χ1) is 20.5. The Morgan fingerprint density at radius 2 is 1.17 bits per heavy atom. The molecule has 5 aromatic rings. The summed E-state index contributed by atoms with van der Waals surface area (Å²) in [4.78, 5) is 2.55. The van der Waals surface area contributed by atoms with Crippen molar-refractivity contribution in [2.75, 3.05) is 4.90 Å². The molecule has 0 saturated heterocycles. The summed E-state index contributed by atoms with van der Waals surface area (Å²) in [5.74, 6) is 0. The van der Waals surface area contributed by atoms with Crippen molar-refractivity contribution in [3.05, 3.63) is 154 Å². The van der Waals surface area contributed by atoms with Crippen molar-refractivity contribution >= 4 is 17.7 Å². The van der Waals surface area contributed by atoms with Crippen LogP contribution in [-0.2, 0) is 12.8 Å². The van der Waals surface area contributed by atoms with Gasteiger partial charge in [0.15, 0.2) is 12.1 Å². The zero-order valence-electron chi connectivity index (χ0n) is 25.5. The Hall–Kier alpha value is -4.43. The molecule has 2 nitrogen and oxygen atoms in total. The molecule has 0 saturated carbocycles. The summed E-state index contributed by atoms with van der Waals surface area (Å²) in [7, 11) is 0. The fraction of sp³-hybridized carbons (Fsp3) is 0.225. The molecule has 2 heteroatoms. The van der Waals surface area contributed by atoms with Crippen LogP contribution in [0, 0.1) is 20.8 Å². The normalized spacial score (nSPS) is 16.5. The number of hydrogen-bond donors (Lipinski definition) is 0. The predicted molar refractivity (Wildman–Crippen MR) is 178 cm³/mol. The van der Waals surface area contributed by atoms with Gasteiger partial charge in [-0.15, -0.1) is 0 Å². The van der Waals surface area contributed by atoms with Crippen LogP contribution in [0.15, 0.2) is 115 Å². The van der Waals surface area contributed by atoms with Crippen LogP contribution in [0.25, 0.3) is 11.1 Å². The molecule has 42 heavy (non-hydrogen) atoms. The Labute approximate surface area is 251 Å². The van der Waals surface area contributed by atoms with E-state index in [-0.39, 0.29) is 12.1 Å². The van der Waals surface area contributed by atoms with E-state index in [1.54, 1.807) is 0 Å². The second kappa shape index (κ2) is 11.8. The molecule has 5 aromatic carbocycles. The molecule has 0 N–H and O–H groups in total. The standard InChI is InChI=1S/C40H41N2/c1-6-31-21-16-22-32(7-2)38(31)42-27-41(36-24-15-14-23-35(36)37-29(4)25-28(3)26-30(37)5)39(33-17-10-8-11-18-33)40(42)34-19-12-9-13-20-34/h8-27,39-40H,6-7H2,1-5H3/q+1/t39-,40-/m0/s1. The van der Waals surface area contributed by atoms with Crippen LogP contribution in [-0.4, -0.2) is 10.9 Å². The Morgan fingerprint density at radius 1 is 0.619 bits per heavy atom. The van der Waals surface area contributed by atoms with E-state index in [9.17, 15) is 0 Å². The molecule has 0 fully saturated rings. The van der Waals surface area contributed by atoms with Crippen molar-refractivity contribution in [2.24, 2.45) is 0 Å². The first kappa shape index (κ1) is 27.7. The summed E-state index contributed by atoms with van der Waals surface area (Å²) in [5.41, 5.74) is 14.5. The fourth-order valence-electron chi connectivity index (χ4n) is 7.04. The van der Waals surface area contributed by atoms with Crippen LogP contribution in [0.1, 0.15) is 64.9 Å². The summed E-state index contributed by atoms with van der Waals surface area (Å²) in [5, 5.41) is 0. The average Bonchev–Trinajstić information content (AvgIpc) is 3.41. The second-order valence-electron chi connectivity index (χ2n) is 11.6. The van der Waals surface area contributed by atoms with E-state index >= 15 is 0 Å². The molecule has 0 unspecified atom stereocenters. The highest BCUT2D eigenvalue weighted by Crippen LogP contribution is 2.48. The lowest BCUT2D eigenvalue weighted by atomic mass is 9.89. The number of para-hydroxylation sites is 2. The van der Waals surface area contributed by atoms with E-state index < -0.39 is 0 Å². The Bertz CT molecular complexity index is 1690. The molecule has 6 rings (SSSR count). The largest absolute Gasteiger partial charge is 0.245 e. The van der Waals surface area contributed by atoms with E-state index in [1.807, 2.05) is 0 Å². The summed E-state index contributed by atoms with van der Waals surface area (Å²) in [6.07, 6.45) is 4.38. The fourth-order valence-corrected chi connectivity index (χ4v) is 7.04. The van der Waals surface area contributed by atoms with Crippen molar-refractivity contribution in [3.8, 4) is 11.1 Å². The first-order valence-corrected chi connectivity index (χ1v) is 15.3. The smallest absolute Gasteiger partial charge is 0.221 e. The highest BCUT2D eigenvalue weighted by molar-refractivity contribution is 5.91. The lowest BCUT2D eigenvalue weighted by molar-refractivity contribution is -0.482. The van der Waals surface area contributed by atoms with Gasteiger partial charge in [0.1, 0.15) is 11.4 Å². The third-order valence-electron chi connectivity index (χ3n) is 8.78. The zero-order valence-corrected chi connectivity index (χ0v) is 25.5. The summed E-state index contributed by atoms with van der Waals surface area (Å²) < 4.78 is 2.58. The molecule has 1 aliphatic rings. The van der Waals surface area contributed by atoms with Crippen molar-refractivity contribution in [2.45, 2.75) is 59.5 Å². The SMILES string of the molecule is CCc1cccc(CC)c1[N+]1=CN(c2ccccc2-c2c(C)cc(C)cc2C)[C@@H](c2ccccc2)[C@@H]1c1ccccc1. The highest BCUT2D eigenvalue weighted by atomic mass is 15.3. The molecule has 0 aliphatic carbocycles. The van der Waals surface area contributed by atoms with Crippen molar-refractivity contribution in [3.63, 3.8) is 0 Å². The molecule has 0 aromatic heterocycles. The zero-order chi connectivity index (χ0) is 29.2. The van der Waals surface area contributed by atoms with Crippen LogP contribution in [0.2, 0.25) is 0 Å². The molecule has 0 radical (unpaired) electrons. The summed E-state index contributed by atoms with van der Waals surface area (Å²) in [6.45, 7) is 11.2. The number of aryl methyl sites for hydroxylation is 5. The van der Waals surface area contributed by atoms with Gasteiger partial charge in [-0.1, -0.05) is 129 Å². The van der Waals surface area contributed by atoms with Gasteiger partial charge in [-0.25, -0.2) is 9.48 Å². The number of rotatable bonds is 7. The monoisotopic (exact) mass is 549 g/mol. The molecule has 1 heterocycles. The van der Waals surface area contributed by atoms with E-state index in [0.717, 1.165) is 12.8 Å². The highest BCUT2D eigenvalue weighted by Gasteiger charge is 2.47.